The number of hydrogen-bond acceptors (Lipinski definition) is 5. The van der Waals surface area contributed by atoms with Crippen molar-refractivity contribution in [3.63, 3.8) is 0 Å². The molecule has 5 nitrogen and oxygen atoms in total. The van der Waals surface area contributed by atoms with Crippen molar-refractivity contribution in [3.8, 4) is 0 Å². The van der Waals surface area contributed by atoms with E-state index in [1.807, 2.05) is 37.3 Å². The number of methoxy groups -OCH3 is 1. The van der Waals surface area contributed by atoms with Crippen LogP contribution in [0, 0.1) is 6.92 Å². The molecule has 1 atom stereocenters. The SMILES string of the molecule is COC(c1cc(C)no1)c1ccccc1/C=N\O. The van der Waals surface area contributed by atoms with Crippen molar-refractivity contribution in [3.05, 3.63) is 52.9 Å². The van der Waals surface area contributed by atoms with Gasteiger partial charge in [-0.2, -0.15) is 0 Å². The van der Waals surface area contributed by atoms with Crippen LogP contribution < -0.4 is 0 Å². The average molecular weight is 246 g/mol. The van der Waals surface area contributed by atoms with E-state index in [4.69, 9.17) is 14.5 Å². The summed E-state index contributed by atoms with van der Waals surface area (Å²) < 4.78 is 10.7. The van der Waals surface area contributed by atoms with Gasteiger partial charge in [0.1, 0.15) is 6.10 Å². The van der Waals surface area contributed by atoms with Crippen molar-refractivity contribution < 1.29 is 14.5 Å². The molecule has 0 bridgehead atoms. The van der Waals surface area contributed by atoms with Crippen LogP contribution in [0.1, 0.15) is 28.7 Å². The maximum Gasteiger partial charge on any atom is 0.170 e. The molecule has 0 aliphatic carbocycles. The lowest BCUT2D eigenvalue weighted by molar-refractivity contribution is 0.109. The molecular formula is C13H14N2O3. The second-order valence-corrected chi connectivity index (χ2v) is 3.86. The molecule has 0 aliphatic heterocycles. The third-order valence-corrected chi connectivity index (χ3v) is 2.62. The summed E-state index contributed by atoms with van der Waals surface area (Å²) >= 11 is 0. The molecule has 1 heterocycles. The van der Waals surface area contributed by atoms with Gasteiger partial charge < -0.3 is 14.5 Å². The maximum atomic E-state index is 8.67. The van der Waals surface area contributed by atoms with Crippen molar-refractivity contribution in [1.29, 1.82) is 0 Å². The van der Waals surface area contributed by atoms with Crippen LogP contribution in [0.15, 0.2) is 40.0 Å². The first-order valence-electron chi connectivity index (χ1n) is 5.48. The highest BCUT2D eigenvalue weighted by Crippen LogP contribution is 2.27. The quantitative estimate of drug-likeness (QED) is 0.511. The Kier molecular flexibility index (Phi) is 3.74. The van der Waals surface area contributed by atoms with E-state index in [-0.39, 0.29) is 6.10 Å². The number of rotatable bonds is 4. The predicted octanol–water partition coefficient (Wildman–Crippen LogP) is 2.53. The van der Waals surface area contributed by atoms with Gasteiger partial charge in [0.2, 0.25) is 0 Å². The van der Waals surface area contributed by atoms with Crippen LogP contribution in [0.25, 0.3) is 0 Å². The second-order valence-electron chi connectivity index (χ2n) is 3.86. The van der Waals surface area contributed by atoms with Gasteiger partial charge >= 0.3 is 0 Å². The number of aryl methyl sites for hydroxylation is 1. The summed E-state index contributed by atoms with van der Waals surface area (Å²) in [4.78, 5) is 0. The van der Waals surface area contributed by atoms with Gasteiger partial charge in [-0.05, 0) is 12.5 Å². The van der Waals surface area contributed by atoms with Gasteiger partial charge in [-0.3, -0.25) is 0 Å². The molecule has 5 heteroatoms. The molecule has 1 unspecified atom stereocenters. The molecule has 94 valence electrons. The van der Waals surface area contributed by atoms with Crippen molar-refractivity contribution in [2.24, 2.45) is 5.16 Å². The van der Waals surface area contributed by atoms with Crippen LogP contribution in [0.2, 0.25) is 0 Å². The highest BCUT2D eigenvalue weighted by molar-refractivity contribution is 5.81. The second kappa shape index (κ2) is 5.46. The van der Waals surface area contributed by atoms with Crippen LogP contribution in [-0.4, -0.2) is 23.7 Å². The first-order chi connectivity index (χ1) is 8.76. The summed E-state index contributed by atoms with van der Waals surface area (Å²) in [5.41, 5.74) is 2.41. The Morgan fingerprint density at radius 1 is 1.44 bits per heavy atom. The van der Waals surface area contributed by atoms with Gasteiger partial charge in [0.25, 0.3) is 0 Å². The molecule has 0 amide bonds. The molecule has 1 aromatic heterocycles. The summed E-state index contributed by atoms with van der Waals surface area (Å²) in [5, 5.41) is 15.6. The van der Waals surface area contributed by atoms with E-state index in [1.54, 1.807) is 7.11 Å². The average Bonchev–Trinajstić information content (AvgIpc) is 2.79. The standard InChI is InChI=1S/C13H14N2O3/c1-9-7-12(18-15-9)13(17-2)11-6-4-3-5-10(11)8-14-16/h3-8,13,16H,1-2H3/b14-8-. The van der Waals surface area contributed by atoms with Gasteiger partial charge in [0.15, 0.2) is 5.76 Å². The zero-order valence-electron chi connectivity index (χ0n) is 10.2. The highest BCUT2D eigenvalue weighted by atomic mass is 16.5. The molecule has 0 spiro atoms. The highest BCUT2D eigenvalue weighted by Gasteiger charge is 2.20. The molecule has 1 N–H and O–H groups in total. The Morgan fingerprint density at radius 2 is 2.22 bits per heavy atom. The molecular weight excluding hydrogens is 232 g/mol. The van der Waals surface area contributed by atoms with Crippen molar-refractivity contribution in [2.75, 3.05) is 7.11 Å². The van der Waals surface area contributed by atoms with Crippen LogP contribution in [0.4, 0.5) is 0 Å². The Hall–Kier alpha value is -2.14. The molecule has 0 saturated carbocycles. The lowest BCUT2D eigenvalue weighted by atomic mass is 10.0. The summed E-state index contributed by atoms with van der Waals surface area (Å²) in [6, 6.07) is 9.30. The van der Waals surface area contributed by atoms with E-state index in [2.05, 4.69) is 10.3 Å². The molecule has 0 fully saturated rings. The van der Waals surface area contributed by atoms with E-state index in [0.29, 0.717) is 5.76 Å². The minimum absolute atomic E-state index is 0.375. The fourth-order valence-corrected chi connectivity index (χ4v) is 1.83. The summed E-state index contributed by atoms with van der Waals surface area (Å²) in [6.45, 7) is 1.85. The molecule has 2 aromatic rings. The molecule has 18 heavy (non-hydrogen) atoms. The summed E-state index contributed by atoms with van der Waals surface area (Å²) in [7, 11) is 1.59. The van der Waals surface area contributed by atoms with Crippen molar-refractivity contribution >= 4 is 6.21 Å². The van der Waals surface area contributed by atoms with Gasteiger partial charge in [-0.15, -0.1) is 0 Å². The molecule has 1 aromatic carbocycles. The fraction of sp³-hybridized carbons (Fsp3) is 0.231. The van der Waals surface area contributed by atoms with E-state index in [1.165, 1.54) is 6.21 Å². The summed E-state index contributed by atoms with van der Waals surface area (Å²) in [6.07, 6.45) is 0.991. The van der Waals surface area contributed by atoms with E-state index >= 15 is 0 Å². The molecule has 2 rings (SSSR count). The number of nitrogens with zero attached hydrogens (tertiary/aromatic N) is 2. The van der Waals surface area contributed by atoms with Gasteiger partial charge in [0, 0.05) is 18.7 Å². The Morgan fingerprint density at radius 3 is 2.83 bits per heavy atom. The van der Waals surface area contributed by atoms with Crippen LogP contribution >= 0.6 is 0 Å². The number of aromatic nitrogens is 1. The first-order valence-corrected chi connectivity index (χ1v) is 5.48. The predicted molar refractivity (Wildman–Crippen MR) is 65.9 cm³/mol. The zero-order valence-corrected chi connectivity index (χ0v) is 10.2. The lowest BCUT2D eigenvalue weighted by Gasteiger charge is -2.14. The lowest BCUT2D eigenvalue weighted by Crippen LogP contribution is -2.05. The zero-order chi connectivity index (χ0) is 13.0. The molecule has 0 aliphatic rings. The molecule has 0 radical (unpaired) electrons. The minimum atomic E-state index is -0.375. The van der Waals surface area contributed by atoms with Crippen LogP contribution in [0.5, 0.6) is 0 Å². The van der Waals surface area contributed by atoms with E-state index in [0.717, 1.165) is 16.8 Å². The topological polar surface area (TPSA) is 67.9 Å². The molecule has 0 saturated heterocycles. The Labute approximate surface area is 105 Å². The first kappa shape index (κ1) is 12.3. The van der Waals surface area contributed by atoms with Gasteiger partial charge in [-0.1, -0.05) is 34.6 Å². The Balaban J connectivity index is 2.44. The number of oxime groups is 1. The normalized spacial score (nSPS) is 13.0. The van der Waals surface area contributed by atoms with Crippen LogP contribution in [0.3, 0.4) is 0 Å². The van der Waals surface area contributed by atoms with Gasteiger partial charge in [-0.25, -0.2) is 0 Å². The van der Waals surface area contributed by atoms with Gasteiger partial charge in [0.05, 0.1) is 11.9 Å². The minimum Gasteiger partial charge on any atom is -0.411 e. The smallest absolute Gasteiger partial charge is 0.170 e. The Bertz CT molecular complexity index is 549. The third kappa shape index (κ3) is 2.41. The number of ether oxygens (including phenoxy) is 1. The maximum absolute atomic E-state index is 8.67. The number of benzene rings is 1. The van der Waals surface area contributed by atoms with E-state index in [9.17, 15) is 0 Å². The largest absolute Gasteiger partial charge is 0.411 e. The number of hydrogen-bond donors (Lipinski definition) is 1. The third-order valence-electron chi connectivity index (χ3n) is 2.62. The van der Waals surface area contributed by atoms with E-state index < -0.39 is 0 Å². The van der Waals surface area contributed by atoms with Crippen LogP contribution in [-0.2, 0) is 4.74 Å². The fourth-order valence-electron chi connectivity index (χ4n) is 1.83. The van der Waals surface area contributed by atoms with Crippen molar-refractivity contribution in [1.82, 2.24) is 5.16 Å². The van der Waals surface area contributed by atoms with Crippen molar-refractivity contribution in [2.45, 2.75) is 13.0 Å². The summed E-state index contributed by atoms with van der Waals surface area (Å²) in [5.74, 6) is 0.619. The monoisotopic (exact) mass is 246 g/mol.